The predicted octanol–water partition coefficient (Wildman–Crippen LogP) is 4.48. The van der Waals surface area contributed by atoms with Crippen LogP contribution >= 0.6 is 0 Å². The molecule has 1 aliphatic heterocycles. The summed E-state index contributed by atoms with van der Waals surface area (Å²) in [7, 11) is 1.30. The average molecular weight is 543 g/mol. The molecule has 0 bridgehead atoms. The number of terminal acetylenes is 1. The van der Waals surface area contributed by atoms with Crippen molar-refractivity contribution in [2.75, 3.05) is 13.7 Å². The van der Waals surface area contributed by atoms with Gasteiger partial charge in [-0.15, -0.1) is 6.42 Å². The van der Waals surface area contributed by atoms with Gasteiger partial charge in [0.2, 0.25) is 0 Å². The minimum atomic E-state index is -0.722. The third-order valence-electron chi connectivity index (χ3n) is 6.94. The first-order valence-electron chi connectivity index (χ1n) is 13.2. The molecule has 40 heavy (non-hydrogen) atoms. The van der Waals surface area contributed by atoms with Gasteiger partial charge in [0.15, 0.2) is 0 Å². The number of dihydropyridines is 1. The Kier molecular flexibility index (Phi) is 9.02. The summed E-state index contributed by atoms with van der Waals surface area (Å²) in [6, 6.07) is 14.4. The Morgan fingerprint density at radius 3 is 2.48 bits per heavy atom. The monoisotopic (exact) mass is 542 g/mol. The maximum absolute atomic E-state index is 12.9. The zero-order chi connectivity index (χ0) is 28.8. The Morgan fingerprint density at radius 1 is 1.07 bits per heavy atom. The number of hydrogen-bond donors (Lipinski definition) is 2. The summed E-state index contributed by atoms with van der Waals surface area (Å²) in [5, 5.41) is 14.3. The number of methoxy groups -OCH3 is 1. The van der Waals surface area contributed by atoms with E-state index in [1.807, 2.05) is 0 Å². The van der Waals surface area contributed by atoms with Gasteiger partial charge in [0.05, 0.1) is 36.8 Å². The van der Waals surface area contributed by atoms with Gasteiger partial charge in [-0.1, -0.05) is 42.3 Å². The zero-order valence-electron chi connectivity index (χ0n) is 23.4. The van der Waals surface area contributed by atoms with E-state index in [4.69, 9.17) is 20.5 Å². The van der Waals surface area contributed by atoms with E-state index >= 15 is 0 Å². The molecule has 2 heterocycles. The molecule has 0 radical (unpaired) electrons. The first kappa shape index (κ1) is 28.6. The number of rotatable bonds is 6. The van der Waals surface area contributed by atoms with Gasteiger partial charge in [-0.05, 0) is 73.6 Å². The summed E-state index contributed by atoms with van der Waals surface area (Å²) in [6.07, 6.45) is 7.27. The summed E-state index contributed by atoms with van der Waals surface area (Å²) in [5.74, 6) is 0.840. The number of fused-ring (bicyclic) bond motifs is 2. The first-order chi connectivity index (χ1) is 19.3. The largest absolute Gasteiger partial charge is 0.466 e. The number of allylic oxidation sites excluding steroid dienone is 2. The Balaban J connectivity index is 0.000000236. The van der Waals surface area contributed by atoms with Gasteiger partial charge >= 0.3 is 11.9 Å². The van der Waals surface area contributed by atoms with Crippen LogP contribution in [-0.2, 0) is 25.5 Å². The van der Waals surface area contributed by atoms with Gasteiger partial charge in [0.25, 0.3) is 0 Å². The van der Waals surface area contributed by atoms with Crippen molar-refractivity contribution in [3.8, 4) is 12.3 Å². The molecule has 1 aromatic heterocycles. The van der Waals surface area contributed by atoms with Crippen molar-refractivity contribution in [3.05, 3.63) is 81.7 Å². The highest BCUT2D eigenvalue weighted by atomic mass is 16.6. The van der Waals surface area contributed by atoms with Gasteiger partial charge in [-0.25, -0.2) is 14.2 Å². The minimum Gasteiger partial charge on any atom is -0.466 e. The third-order valence-corrected chi connectivity index (χ3v) is 6.94. The fraction of sp³-hybridized carbons (Fsp3) is 0.355. The highest BCUT2D eigenvalue weighted by Gasteiger charge is 2.39. The highest BCUT2D eigenvalue weighted by Crippen LogP contribution is 2.41. The summed E-state index contributed by atoms with van der Waals surface area (Å²) in [5.41, 5.74) is 6.35. The van der Waals surface area contributed by atoms with Crippen molar-refractivity contribution in [3.63, 3.8) is 0 Å². The molecule has 1 aliphatic carbocycles. The van der Waals surface area contributed by atoms with Gasteiger partial charge in [-0.2, -0.15) is 0 Å². The minimum absolute atomic E-state index is 0.309. The number of aryl methyl sites for hydroxylation is 1. The lowest BCUT2D eigenvalue weighted by Gasteiger charge is -2.30. The second-order valence-electron chi connectivity index (χ2n) is 9.94. The summed E-state index contributed by atoms with van der Waals surface area (Å²) in [4.78, 5) is 25.5. The average Bonchev–Trinajstić information content (AvgIpc) is 3.58. The predicted molar refractivity (Wildman–Crippen MR) is 151 cm³/mol. The van der Waals surface area contributed by atoms with Crippen LogP contribution in [0.2, 0.25) is 0 Å². The molecule has 0 fully saturated rings. The normalized spacial score (nSPS) is 18.0. The van der Waals surface area contributed by atoms with Gasteiger partial charge in [-0.3, -0.25) is 5.32 Å². The molecule has 0 saturated carbocycles. The van der Waals surface area contributed by atoms with E-state index < -0.39 is 17.9 Å². The molecule has 2 N–H and O–H groups in total. The van der Waals surface area contributed by atoms with Crippen LogP contribution in [-0.4, -0.2) is 42.0 Å². The fourth-order valence-corrected chi connectivity index (χ4v) is 5.24. The molecule has 9 nitrogen and oxygen atoms in total. The molecule has 5 rings (SSSR count). The Bertz CT molecular complexity index is 1510. The number of aromatic nitrogens is 2. The van der Waals surface area contributed by atoms with E-state index in [0.717, 1.165) is 0 Å². The van der Waals surface area contributed by atoms with Crippen molar-refractivity contribution in [2.45, 2.75) is 58.6 Å². The second kappa shape index (κ2) is 12.6. The second-order valence-corrected chi connectivity index (χ2v) is 9.94. The Hall–Kier alpha value is -4.42. The van der Waals surface area contributed by atoms with Gasteiger partial charge in [0.1, 0.15) is 11.0 Å². The van der Waals surface area contributed by atoms with E-state index in [1.165, 1.54) is 31.1 Å². The molecule has 0 saturated heterocycles. The fourth-order valence-electron chi connectivity index (χ4n) is 5.24. The van der Waals surface area contributed by atoms with Crippen molar-refractivity contribution in [2.24, 2.45) is 0 Å². The lowest BCUT2D eigenvalue weighted by atomic mass is 9.80. The van der Waals surface area contributed by atoms with Gasteiger partial charge < -0.3 is 14.8 Å². The van der Waals surface area contributed by atoms with E-state index in [0.29, 0.717) is 51.7 Å². The molecule has 0 spiro atoms. The molecule has 0 amide bonds. The Labute approximate surface area is 234 Å². The molecule has 2 atom stereocenters. The van der Waals surface area contributed by atoms with Crippen LogP contribution in [0.3, 0.4) is 0 Å². The SMILES string of the molecule is C#CCN[C@@H]1CCc2ccccc21.COC(=O)C1=C(C)NC(C)=C(C(=O)OC(C)C)C1c1cccc2nonc12. The quantitative estimate of drug-likeness (QED) is 0.344. The molecule has 3 aromatic rings. The van der Waals surface area contributed by atoms with Crippen LogP contribution in [0.25, 0.3) is 11.0 Å². The number of benzene rings is 2. The smallest absolute Gasteiger partial charge is 0.337 e. The summed E-state index contributed by atoms with van der Waals surface area (Å²) >= 11 is 0. The summed E-state index contributed by atoms with van der Waals surface area (Å²) < 4.78 is 15.3. The standard InChI is InChI=1S/C19H21N3O5.C12H13N/c1-9(2)26-19(24)15-11(4)20-10(3)14(18(23)25-5)16(15)12-7-6-8-13-17(12)22-27-21-13;1-2-9-13-12-8-7-10-5-3-4-6-11(10)12/h6-9,16,20H,1-5H3;1,3-6,12-13H,7-9H2/t;12-/m.1/s1. The lowest BCUT2D eigenvalue weighted by molar-refractivity contribution is -0.143. The third kappa shape index (κ3) is 5.92. The van der Waals surface area contributed by atoms with Crippen molar-refractivity contribution in [1.82, 2.24) is 20.9 Å². The van der Waals surface area contributed by atoms with Gasteiger partial charge in [0, 0.05) is 17.4 Å². The molecular weight excluding hydrogens is 508 g/mol. The van der Waals surface area contributed by atoms with Crippen LogP contribution in [0.1, 0.15) is 62.8 Å². The van der Waals surface area contributed by atoms with Crippen LogP contribution in [0.5, 0.6) is 0 Å². The maximum atomic E-state index is 12.9. The molecule has 2 aliphatic rings. The van der Waals surface area contributed by atoms with Crippen molar-refractivity contribution >= 4 is 23.0 Å². The number of hydrogen-bond acceptors (Lipinski definition) is 9. The van der Waals surface area contributed by atoms with E-state index in [2.05, 4.69) is 51.1 Å². The molecule has 2 aromatic carbocycles. The van der Waals surface area contributed by atoms with Crippen molar-refractivity contribution < 1.29 is 23.7 Å². The topological polar surface area (TPSA) is 116 Å². The maximum Gasteiger partial charge on any atom is 0.337 e. The number of ether oxygens (including phenoxy) is 2. The van der Waals surface area contributed by atoms with Crippen LogP contribution < -0.4 is 10.6 Å². The zero-order valence-corrected chi connectivity index (χ0v) is 23.4. The number of nitrogens with zero attached hydrogens (tertiary/aromatic N) is 2. The molecule has 9 heteroatoms. The van der Waals surface area contributed by atoms with E-state index in [1.54, 1.807) is 45.9 Å². The van der Waals surface area contributed by atoms with Crippen molar-refractivity contribution in [1.29, 1.82) is 0 Å². The van der Waals surface area contributed by atoms with E-state index in [-0.39, 0.29) is 6.10 Å². The highest BCUT2D eigenvalue weighted by molar-refractivity contribution is 6.01. The molecular formula is C31H34N4O5. The Morgan fingerprint density at radius 2 is 1.77 bits per heavy atom. The first-order valence-corrected chi connectivity index (χ1v) is 13.2. The summed E-state index contributed by atoms with van der Waals surface area (Å²) in [6.45, 7) is 7.73. The van der Waals surface area contributed by atoms with Crippen LogP contribution in [0, 0.1) is 12.3 Å². The number of nitrogens with one attached hydrogen (secondary N) is 2. The van der Waals surface area contributed by atoms with Crippen LogP contribution in [0.15, 0.2) is 69.6 Å². The molecule has 208 valence electrons. The number of carbonyl (C=O) groups excluding carboxylic acids is 2. The van der Waals surface area contributed by atoms with E-state index in [9.17, 15) is 9.59 Å². The molecule has 1 unspecified atom stereocenters. The van der Waals surface area contributed by atoms with Crippen LogP contribution in [0.4, 0.5) is 0 Å². The number of carbonyl (C=O) groups is 2. The number of esters is 2. The lowest BCUT2D eigenvalue weighted by Crippen LogP contribution is -2.33.